The predicted molar refractivity (Wildman–Crippen MR) is 127 cm³/mol. The Balaban J connectivity index is 1.77. The van der Waals surface area contributed by atoms with Crippen LogP contribution in [0.5, 0.6) is 17.2 Å². The van der Waals surface area contributed by atoms with Gasteiger partial charge in [-0.05, 0) is 53.9 Å². The molecular weight excluding hydrogens is 529 g/mol. The molecule has 0 atom stereocenters. The lowest BCUT2D eigenvalue weighted by atomic mass is 10.0. The molecule has 180 valence electrons. The van der Waals surface area contributed by atoms with Crippen LogP contribution in [0.15, 0.2) is 80.4 Å². The van der Waals surface area contributed by atoms with Crippen molar-refractivity contribution in [1.82, 2.24) is 0 Å². The van der Waals surface area contributed by atoms with Crippen molar-refractivity contribution in [2.45, 2.75) is 25.9 Å². The number of fused-ring (bicyclic) bond motifs is 1. The molecule has 0 radical (unpaired) electrons. The molecule has 4 rings (SSSR count). The van der Waals surface area contributed by atoms with Crippen LogP contribution in [-0.2, 0) is 6.18 Å². The monoisotopic (exact) mass is 546 g/mol. The number of alkyl halides is 3. The lowest BCUT2D eigenvalue weighted by molar-refractivity contribution is -0.154. The molecule has 0 saturated carbocycles. The number of carbonyl (C=O) groups is 1. The van der Waals surface area contributed by atoms with Crippen LogP contribution in [0, 0.1) is 0 Å². The van der Waals surface area contributed by atoms with Crippen molar-refractivity contribution < 1.29 is 31.9 Å². The van der Waals surface area contributed by atoms with Crippen molar-refractivity contribution >= 4 is 32.9 Å². The fourth-order valence-corrected chi connectivity index (χ4v) is 3.68. The number of para-hydroxylation sites is 1. The van der Waals surface area contributed by atoms with Crippen LogP contribution in [0.4, 0.5) is 13.2 Å². The van der Waals surface area contributed by atoms with Crippen molar-refractivity contribution in [1.29, 1.82) is 0 Å². The van der Waals surface area contributed by atoms with Crippen LogP contribution < -0.4 is 14.9 Å². The Morgan fingerprint density at radius 1 is 1.00 bits per heavy atom. The molecule has 4 aromatic rings. The van der Waals surface area contributed by atoms with E-state index in [0.29, 0.717) is 5.56 Å². The molecule has 0 amide bonds. The van der Waals surface area contributed by atoms with E-state index in [-0.39, 0.29) is 28.4 Å². The van der Waals surface area contributed by atoms with Gasteiger partial charge in [0.25, 0.3) is 5.76 Å². The van der Waals surface area contributed by atoms with Gasteiger partial charge < -0.3 is 13.9 Å². The van der Waals surface area contributed by atoms with Crippen LogP contribution in [0.1, 0.15) is 41.4 Å². The summed E-state index contributed by atoms with van der Waals surface area (Å²) in [5, 5.41) is -0.154. The highest BCUT2D eigenvalue weighted by atomic mass is 79.9. The van der Waals surface area contributed by atoms with Gasteiger partial charge in [-0.25, -0.2) is 4.79 Å². The highest BCUT2D eigenvalue weighted by Crippen LogP contribution is 2.40. The second-order valence-corrected chi connectivity index (χ2v) is 8.85. The second-order valence-electron chi connectivity index (χ2n) is 7.94. The molecule has 0 bridgehead atoms. The van der Waals surface area contributed by atoms with Crippen molar-refractivity contribution in [2.75, 3.05) is 0 Å². The third-order valence-corrected chi connectivity index (χ3v) is 5.65. The quantitative estimate of drug-likeness (QED) is 0.189. The average molecular weight is 547 g/mol. The van der Waals surface area contributed by atoms with Gasteiger partial charge in [0.15, 0.2) is 0 Å². The maximum atomic E-state index is 13.9. The Morgan fingerprint density at radius 3 is 2.34 bits per heavy atom. The molecule has 0 aliphatic carbocycles. The van der Waals surface area contributed by atoms with E-state index in [1.807, 2.05) is 13.8 Å². The zero-order valence-electron chi connectivity index (χ0n) is 18.5. The minimum Gasteiger partial charge on any atom is -0.449 e. The second kappa shape index (κ2) is 9.58. The van der Waals surface area contributed by atoms with Gasteiger partial charge in [0.1, 0.15) is 17.1 Å². The van der Waals surface area contributed by atoms with E-state index in [9.17, 15) is 22.8 Å². The van der Waals surface area contributed by atoms with E-state index >= 15 is 0 Å². The summed E-state index contributed by atoms with van der Waals surface area (Å²) in [5.74, 6) is -3.28. The minimum atomic E-state index is -5.01. The summed E-state index contributed by atoms with van der Waals surface area (Å²) in [6, 6.07) is 16.5. The van der Waals surface area contributed by atoms with Crippen LogP contribution in [-0.4, -0.2) is 5.97 Å². The average Bonchev–Trinajstić information content (AvgIpc) is 2.80. The number of ether oxygens (including phenoxy) is 2. The van der Waals surface area contributed by atoms with Gasteiger partial charge >= 0.3 is 12.1 Å². The van der Waals surface area contributed by atoms with E-state index in [1.165, 1.54) is 30.3 Å². The van der Waals surface area contributed by atoms with Crippen molar-refractivity contribution in [3.8, 4) is 17.2 Å². The van der Waals surface area contributed by atoms with Gasteiger partial charge in [0.2, 0.25) is 11.2 Å². The van der Waals surface area contributed by atoms with E-state index in [1.54, 1.807) is 30.3 Å². The van der Waals surface area contributed by atoms with Gasteiger partial charge in [0.05, 0.1) is 10.9 Å². The number of hydrogen-bond acceptors (Lipinski definition) is 5. The topological polar surface area (TPSA) is 65.7 Å². The molecule has 0 N–H and O–H groups in total. The number of esters is 1. The summed E-state index contributed by atoms with van der Waals surface area (Å²) in [5.41, 5.74) is -0.524. The highest BCUT2D eigenvalue weighted by Gasteiger charge is 2.40. The first-order chi connectivity index (χ1) is 16.5. The van der Waals surface area contributed by atoms with Crippen LogP contribution in [0.2, 0.25) is 0 Å². The molecule has 9 heteroatoms. The summed E-state index contributed by atoms with van der Waals surface area (Å²) in [6.45, 7) is 3.71. The largest absolute Gasteiger partial charge is 0.453 e. The summed E-state index contributed by atoms with van der Waals surface area (Å²) in [6.07, 6.45) is -5.01. The van der Waals surface area contributed by atoms with Crippen molar-refractivity contribution in [3.05, 3.63) is 98.3 Å². The summed E-state index contributed by atoms with van der Waals surface area (Å²) >= 11 is 3.26. The molecule has 0 fully saturated rings. The number of carbonyl (C=O) groups excluding carboxylic acids is 1. The highest BCUT2D eigenvalue weighted by molar-refractivity contribution is 9.10. The Morgan fingerprint density at radius 2 is 1.69 bits per heavy atom. The SMILES string of the molecule is CC(C)c1ccccc1Oc1c(C(F)(F)F)oc2cc(OC(=O)c3ccc(Br)cc3)ccc2c1=O. The molecule has 5 nitrogen and oxygen atoms in total. The summed E-state index contributed by atoms with van der Waals surface area (Å²) < 4.78 is 58.3. The smallest absolute Gasteiger partial charge is 0.449 e. The van der Waals surface area contributed by atoms with Crippen molar-refractivity contribution in [2.24, 2.45) is 0 Å². The maximum absolute atomic E-state index is 13.9. The lowest BCUT2D eigenvalue weighted by Crippen LogP contribution is -2.16. The van der Waals surface area contributed by atoms with Crippen molar-refractivity contribution in [3.63, 3.8) is 0 Å². The maximum Gasteiger partial charge on any atom is 0.453 e. The standard InChI is InChI=1S/C26H18BrF3O5/c1-14(2)18-5-3-4-6-20(18)34-23-22(31)19-12-11-17(13-21(19)35-24(23)26(28,29)30)33-25(32)15-7-9-16(27)10-8-15/h3-14H,1-2H3. The third-order valence-electron chi connectivity index (χ3n) is 5.12. The van der Waals surface area contributed by atoms with Gasteiger partial charge in [-0.3, -0.25) is 4.79 Å². The van der Waals surface area contributed by atoms with E-state index < -0.39 is 34.7 Å². The summed E-state index contributed by atoms with van der Waals surface area (Å²) in [7, 11) is 0. The fraction of sp³-hybridized carbons (Fsp3) is 0.154. The molecule has 3 aromatic carbocycles. The Hall–Kier alpha value is -3.59. The fourth-order valence-electron chi connectivity index (χ4n) is 3.41. The van der Waals surface area contributed by atoms with E-state index in [4.69, 9.17) is 13.9 Å². The molecule has 0 aliphatic heterocycles. The van der Waals surface area contributed by atoms with Gasteiger partial charge in [-0.15, -0.1) is 0 Å². The lowest BCUT2D eigenvalue weighted by Gasteiger charge is -2.16. The summed E-state index contributed by atoms with van der Waals surface area (Å²) in [4.78, 5) is 25.4. The number of hydrogen-bond donors (Lipinski definition) is 0. The zero-order valence-corrected chi connectivity index (χ0v) is 20.1. The molecule has 35 heavy (non-hydrogen) atoms. The molecule has 0 spiro atoms. The van der Waals surface area contributed by atoms with Gasteiger partial charge in [0, 0.05) is 10.5 Å². The van der Waals surface area contributed by atoms with E-state index in [0.717, 1.165) is 10.5 Å². The van der Waals surface area contributed by atoms with Gasteiger partial charge in [-0.1, -0.05) is 48.0 Å². The van der Waals surface area contributed by atoms with Crippen LogP contribution in [0.3, 0.4) is 0 Å². The normalized spacial score (nSPS) is 11.6. The molecule has 1 aromatic heterocycles. The number of rotatable bonds is 5. The Kier molecular flexibility index (Phi) is 6.71. The van der Waals surface area contributed by atoms with Crippen LogP contribution >= 0.6 is 15.9 Å². The molecule has 1 heterocycles. The number of benzene rings is 3. The third kappa shape index (κ3) is 5.24. The van der Waals surface area contributed by atoms with Crippen LogP contribution in [0.25, 0.3) is 11.0 Å². The van der Waals surface area contributed by atoms with Gasteiger partial charge in [-0.2, -0.15) is 13.2 Å². The minimum absolute atomic E-state index is 0.0593. The zero-order chi connectivity index (χ0) is 25.3. The first-order valence-electron chi connectivity index (χ1n) is 10.5. The molecular formula is C26H18BrF3O5. The molecule has 0 unspecified atom stereocenters. The molecule has 0 aliphatic rings. The number of halogens is 4. The Bertz CT molecular complexity index is 1460. The Labute approximate surface area is 206 Å². The first kappa shape index (κ1) is 24.5. The molecule has 0 saturated heterocycles. The van der Waals surface area contributed by atoms with E-state index in [2.05, 4.69) is 15.9 Å². The first-order valence-corrected chi connectivity index (χ1v) is 11.3. The predicted octanol–water partition coefficient (Wildman–Crippen LogP) is 7.71.